The van der Waals surface area contributed by atoms with E-state index < -0.39 is 10.5 Å². The molecular formula is C20H24N4O4. The number of nitrogens with zero attached hydrogens (tertiary/aromatic N) is 3. The van der Waals surface area contributed by atoms with Crippen LogP contribution in [0.15, 0.2) is 53.5 Å². The number of pyridine rings is 1. The number of hydrogen-bond donors (Lipinski definition) is 1. The number of carbonyl (C=O) groups is 1. The Labute approximate surface area is 162 Å². The zero-order chi connectivity index (χ0) is 19.9. The standard InChI is InChI=1S/C20H24N4O4/c25-19(15-23-14-18(24(27)28)9-10-20(23)26)21-12-17-8-4-5-11-22(17)13-16-6-2-1-3-7-16/h1-3,6-7,9-10,14,17H,4-5,8,11-13,15H2,(H,21,25). The largest absolute Gasteiger partial charge is 0.353 e. The van der Waals surface area contributed by atoms with Crippen LogP contribution in [-0.4, -0.2) is 39.4 Å². The highest BCUT2D eigenvalue weighted by Gasteiger charge is 2.23. The van der Waals surface area contributed by atoms with Gasteiger partial charge in [-0.05, 0) is 24.9 Å². The lowest BCUT2D eigenvalue weighted by molar-refractivity contribution is -0.385. The number of amides is 1. The van der Waals surface area contributed by atoms with Crippen LogP contribution in [0, 0.1) is 10.1 Å². The van der Waals surface area contributed by atoms with E-state index in [2.05, 4.69) is 22.3 Å². The van der Waals surface area contributed by atoms with Gasteiger partial charge in [0.1, 0.15) is 6.54 Å². The van der Waals surface area contributed by atoms with Gasteiger partial charge in [0.25, 0.3) is 11.2 Å². The van der Waals surface area contributed by atoms with Gasteiger partial charge in [0.05, 0.1) is 11.1 Å². The lowest BCUT2D eigenvalue weighted by Crippen LogP contribution is -2.47. The molecule has 3 rings (SSSR count). The van der Waals surface area contributed by atoms with Crippen LogP contribution in [0.2, 0.25) is 0 Å². The summed E-state index contributed by atoms with van der Waals surface area (Å²) in [5.74, 6) is -0.326. The predicted molar refractivity (Wildman–Crippen MR) is 105 cm³/mol. The Kier molecular flexibility index (Phi) is 6.54. The van der Waals surface area contributed by atoms with Crippen LogP contribution in [0.1, 0.15) is 24.8 Å². The van der Waals surface area contributed by atoms with Gasteiger partial charge < -0.3 is 5.32 Å². The molecule has 0 saturated carbocycles. The van der Waals surface area contributed by atoms with Gasteiger partial charge in [0.2, 0.25) is 5.91 Å². The molecule has 2 aromatic rings. The zero-order valence-electron chi connectivity index (χ0n) is 15.6. The molecule has 2 heterocycles. The Hall–Kier alpha value is -3.00. The molecule has 0 spiro atoms. The van der Waals surface area contributed by atoms with Crippen molar-refractivity contribution in [1.82, 2.24) is 14.8 Å². The summed E-state index contributed by atoms with van der Waals surface area (Å²) in [5.41, 5.74) is 0.585. The van der Waals surface area contributed by atoms with Gasteiger partial charge in [-0.25, -0.2) is 0 Å². The molecule has 1 saturated heterocycles. The lowest BCUT2D eigenvalue weighted by Gasteiger charge is -2.36. The monoisotopic (exact) mass is 384 g/mol. The average Bonchev–Trinajstić information content (AvgIpc) is 2.69. The molecule has 1 atom stereocenters. The number of likely N-dealkylation sites (tertiary alicyclic amines) is 1. The molecule has 1 aromatic heterocycles. The first-order valence-corrected chi connectivity index (χ1v) is 9.42. The fraction of sp³-hybridized carbons (Fsp3) is 0.400. The Balaban J connectivity index is 1.57. The number of nitro groups is 1. The molecule has 1 unspecified atom stereocenters. The van der Waals surface area contributed by atoms with Gasteiger partial charge in [-0.15, -0.1) is 0 Å². The van der Waals surface area contributed by atoms with E-state index in [0.717, 1.165) is 55.2 Å². The highest BCUT2D eigenvalue weighted by Crippen LogP contribution is 2.19. The van der Waals surface area contributed by atoms with Crippen molar-refractivity contribution < 1.29 is 9.72 Å². The third kappa shape index (κ3) is 5.26. The molecule has 1 aliphatic rings. The second kappa shape index (κ2) is 9.27. The SMILES string of the molecule is O=C(Cn1cc([N+](=O)[O-])ccc1=O)NCC1CCCCN1Cc1ccccc1. The summed E-state index contributed by atoms with van der Waals surface area (Å²) in [7, 11) is 0. The van der Waals surface area contributed by atoms with Crippen molar-refractivity contribution >= 4 is 11.6 Å². The highest BCUT2D eigenvalue weighted by atomic mass is 16.6. The molecule has 0 aliphatic carbocycles. The molecule has 28 heavy (non-hydrogen) atoms. The minimum Gasteiger partial charge on any atom is -0.353 e. The van der Waals surface area contributed by atoms with Gasteiger partial charge in [-0.1, -0.05) is 36.8 Å². The summed E-state index contributed by atoms with van der Waals surface area (Å²) < 4.78 is 1.07. The number of piperidine rings is 1. The van der Waals surface area contributed by atoms with Crippen LogP contribution in [-0.2, 0) is 17.9 Å². The van der Waals surface area contributed by atoms with Crippen molar-refractivity contribution in [3.63, 3.8) is 0 Å². The first-order chi connectivity index (χ1) is 13.5. The molecule has 1 aromatic carbocycles. The summed E-state index contributed by atoms with van der Waals surface area (Å²) in [6.45, 7) is 2.09. The van der Waals surface area contributed by atoms with Crippen molar-refractivity contribution in [1.29, 1.82) is 0 Å². The fourth-order valence-corrected chi connectivity index (χ4v) is 3.51. The molecule has 1 aliphatic heterocycles. The number of rotatable bonds is 7. The molecule has 0 bridgehead atoms. The first kappa shape index (κ1) is 19.8. The van der Waals surface area contributed by atoms with Gasteiger partial charge >= 0.3 is 0 Å². The quantitative estimate of drug-likeness (QED) is 0.581. The predicted octanol–water partition coefficient (Wildman–Crippen LogP) is 1.93. The second-order valence-electron chi connectivity index (χ2n) is 7.02. The van der Waals surface area contributed by atoms with Gasteiger partial charge in [-0.2, -0.15) is 0 Å². The van der Waals surface area contributed by atoms with Crippen molar-refractivity contribution in [3.8, 4) is 0 Å². The van der Waals surface area contributed by atoms with E-state index in [1.807, 2.05) is 18.2 Å². The van der Waals surface area contributed by atoms with E-state index in [1.165, 1.54) is 5.56 Å². The van der Waals surface area contributed by atoms with Crippen molar-refractivity contribution in [2.45, 2.75) is 38.4 Å². The van der Waals surface area contributed by atoms with E-state index >= 15 is 0 Å². The Morgan fingerprint density at radius 2 is 1.96 bits per heavy atom. The van der Waals surface area contributed by atoms with Gasteiger partial charge in [-0.3, -0.25) is 29.2 Å². The molecule has 148 valence electrons. The molecule has 1 fully saturated rings. The van der Waals surface area contributed by atoms with Crippen molar-refractivity contribution in [3.05, 3.63) is 74.7 Å². The third-order valence-corrected chi connectivity index (χ3v) is 5.01. The van der Waals surface area contributed by atoms with Gasteiger partial charge in [0.15, 0.2) is 0 Å². The Morgan fingerprint density at radius 3 is 2.71 bits per heavy atom. The summed E-state index contributed by atoms with van der Waals surface area (Å²) in [6.07, 6.45) is 4.37. The normalized spacial score (nSPS) is 17.2. The average molecular weight is 384 g/mol. The van der Waals surface area contributed by atoms with E-state index in [0.29, 0.717) is 6.54 Å². The summed E-state index contributed by atoms with van der Waals surface area (Å²) in [4.78, 5) is 36.8. The summed E-state index contributed by atoms with van der Waals surface area (Å²) >= 11 is 0. The Bertz CT molecular complexity index is 881. The first-order valence-electron chi connectivity index (χ1n) is 9.42. The third-order valence-electron chi connectivity index (χ3n) is 5.01. The topological polar surface area (TPSA) is 97.5 Å². The minimum atomic E-state index is -0.586. The number of carbonyl (C=O) groups excluding carboxylic acids is 1. The van der Waals surface area contributed by atoms with Crippen LogP contribution in [0.5, 0.6) is 0 Å². The van der Waals surface area contributed by atoms with Crippen molar-refractivity contribution in [2.75, 3.05) is 13.1 Å². The summed E-state index contributed by atoms with van der Waals surface area (Å²) in [5, 5.41) is 13.7. The molecule has 1 amide bonds. The van der Waals surface area contributed by atoms with Crippen molar-refractivity contribution in [2.24, 2.45) is 0 Å². The smallest absolute Gasteiger partial charge is 0.285 e. The Morgan fingerprint density at radius 1 is 1.18 bits per heavy atom. The number of nitrogens with one attached hydrogen (secondary N) is 1. The van der Waals surface area contributed by atoms with Crippen LogP contribution in [0.4, 0.5) is 5.69 Å². The van der Waals surface area contributed by atoms with Gasteiger partial charge in [0, 0.05) is 31.3 Å². The second-order valence-corrected chi connectivity index (χ2v) is 7.02. The fourth-order valence-electron chi connectivity index (χ4n) is 3.51. The molecule has 8 nitrogen and oxygen atoms in total. The summed E-state index contributed by atoms with van der Waals surface area (Å²) in [6, 6.07) is 12.7. The minimum absolute atomic E-state index is 0.214. The maximum Gasteiger partial charge on any atom is 0.285 e. The number of benzene rings is 1. The molecule has 1 N–H and O–H groups in total. The lowest BCUT2D eigenvalue weighted by atomic mass is 10.0. The zero-order valence-corrected chi connectivity index (χ0v) is 15.6. The van der Waals surface area contributed by atoms with E-state index in [-0.39, 0.29) is 24.2 Å². The number of hydrogen-bond acceptors (Lipinski definition) is 5. The molecule has 8 heteroatoms. The van der Waals surface area contributed by atoms with E-state index in [9.17, 15) is 19.7 Å². The van der Waals surface area contributed by atoms with Crippen LogP contribution < -0.4 is 10.9 Å². The highest BCUT2D eigenvalue weighted by molar-refractivity contribution is 5.75. The van der Waals surface area contributed by atoms with E-state index in [4.69, 9.17) is 0 Å². The number of aromatic nitrogens is 1. The van der Waals surface area contributed by atoms with Crippen LogP contribution in [0.25, 0.3) is 0 Å². The maximum absolute atomic E-state index is 12.3. The van der Waals surface area contributed by atoms with Crippen LogP contribution in [0.3, 0.4) is 0 Å². The maximum atomic E-state index is 12.3. The van der Waals surface area contributed by atoms with E-state index in [1.54, 1.807) is 0 Å². The molecular weight excluding hydrogens is 360 g/mol. The van der Waals surface area contributed by atoms with Crippen LogP contribution >= 0.6 is 0 Å². The molecule has 0 radical (unpaired) electrons.